The summed E-state index contributed by atoms with van der Waals surface area (Å²) in [6.07, 6.45) is -2.94. The number of furan rings is 1. The summed E-state index contributed by atoms with van der Waals surface area (Å²) in [5.74, 6) is 0. The zero-order valence-electron chi connectivity index (χ0n) is 8.98. The molecular weight excluding hydrogens is 290 g/mol. The molecule has 0 aliphatic heterocycles. The highest BCUT2D eigenvalue weighted by Crippen LogP contribution is 2.38. The van der Waals surface area contributed by atoms with Crippen LogP contribution in [0.2, 0.25) is 0 Å². The Hall–Kier alpha value is -1.90. The Balaban J connectivity index is 2.72. The fraction of sp³-hybridized carbons (Fsp3) is 0.100. The Kier molecular flexibility index (Phi) is 3.09. The maximum atomic E-state index is 12.9. The Morgan fingerprint density at radius 3 is 2.47 bits per heavy atom. The molecule has 0 bridgehead atoms. The molecule has 0 spiro atoms. The number of hydrogen-bond donors (Lipinski definition) is 0. The van der Waals surface area contributed by atoms with Crippen molar-refractivity contribution in [3.8, 4) is 11.3 Å². The monoisotopic (exact) mass is 295 g/mol. The van der Waals surface area contributed by atoms with Crippen LogP contribution in [0.1, 0.15) is 5.56 Å². The van der Waals surface area contributed by atoms with Crippen molar-refractivity contribution in [1.82, 2.24) is 4.98 Å². The Bertz CT molecular complexity index is 706. The van der Waals surface area contributed by atoms with E-state index in [1.807, 2.05) is 0 Å². The third-order valence-electron chi connectivity index (χ3n) is 2.22. The Labute approximate surface area is 104 Å². The zero-order valence-corrected chi connectivity index (χ0v) is 9.80. The first-order valence-electron chi connectivity index (χ1n) is 4.76. The molecule has 0 saturated heterocycles. The first-order chi connectivity index (χ1) is 8.71. The molecular formula is C10H5F4NO3S. The lowest BCUT2D eigenvalue weighted by Gasteiger charge is -2.10. The van der Waals surface area contributed by atoms with Crippen molar-refractivity contribution in [3.05, 3.63) is 36.2 Å². The van der Waals surface area contributed by atoms with E-state index in [-0.39, 0.29) is 0 Å². The molecule has 0 saturated carbocycles. The van der Waals surface area contributed by atoms with Gasteiger partial charge in [0.25, 0.3) is 5.09 Å². The van der Waals surface area contributed by atoms with E-state index in [1.165, 1.54) is 0 Å². The lowest BCUT2D eigenvalue weighted by atomic mass is 10.1. The summed E-state index contributed by atoms with van der Waals surface area (Å²) in [7, 11) is -5.27. The number of hydrogen-bond acceptors (Lipinski definition) is 4. The van der Waals surface area contributed by atoms with Gasteiger partial charge in [0.2, 0.25) is 0 Å². The summed E-state index contributed by atoms with van der Waals surface area (Å²) in [5, 5.41) is -1.20. The third-order valence-corrected chi connectivity index (χ3v) is 2.98. The smallest absolute Gasteiger partial charge is 0.418 e. The molecule has 0 aliphatic carbocycles. The molecule has 0 radical (unpaired) electrons. The highest BCUT2D eigenvalue weighted by molar-refractivity contribution is 7.86. The summed E-state index contributed by atoms with van der Waals surface area (Å²) in [4.78, 5) is 3.45. The van der Waals surface area contributed by atoms with Gasteiger partial charge in [-0.3, -0.25) is 4.98 Å². The van der Waals surface area contributed by atoms with Crippen LogP contribution in [0.25, 0.3) is 11.3 Å². The molecule has 2 heterocycles. The molecule has 102 valence electrons. The van der Waals surface area contributed by atoms with Gasteiger partial charge in [-0.05, 0) is 18.2 Å². The van der Waals surface area contributed by atoms with Crippen molar-refractivity contribution < 1.29 is 29.9 Å². The molecule has 0 aliphatic rings. The molecule has 0 unspecified atom stereocenters. The zero-order chi connectivity index (χ0) is 14.3. The van der Waals surface area contributed by atoms with Crippen LogP contribution < -0.4 is 0 Å². The van der Waals surface area contributed by atoms with E-state index in [9.17, 15) is 25.5 Å². The number of rotatable bonds is 2. The fourth-order valence-electron chi connectivity index (χ4n) is 1.51. The average Bonchev–Trinajstić information content (AvgIpc) is 2.76. The van der Waals surface area contributed by atoms with Crippen molar-refractivity contribution in [3.63, 3.8) is 0 Å². The minimum absolute atomic E-state index is 0.574. The topological polar surface area (TPSA) is 60.2 Å². The van der Waals surface area contributed by atoms with E-state index < -0.39 is 38.3 Å². The summed E-state index contributed by atoms with van der Waals surface area (Å²) < 4.78 is 77.1. The van der Waals surface area contributed by atoms with Crippen molar-refractivity contribution in [2.75, 3.05) is 0 Å². The SMILES string of the molecule is O=S(=O)(F)c1occc1-c1ncccc1C(F)(F)F. The van der Waals surface area contributed by atoms with Gasteiger partial charge in [-0.1, -0.05) is 3.89 Å². The summed E-state index contributed by atoms with van der Waals surface area (Å²) in [6, 6.07) is 2.66. The standard InChI is InChI=1S/C10H5F4NO3S/c11-10(12,13)7-2-1-4-15-8(7)6-3-5-18-9(6)19(14,16)17/h1-5H. The molecule has 19 heavy (non-hydrogen) atoms. The molecule has 2 rings (SSSR count). The van der Waals surface area contributed by atoms with Crippen molar-refractivity contribution >= 4 is 10.2 Å². The Morgan fingerprint density at radius 1 is 1.21 bits per heavy atom. The average molecular weight is 295 g/mol. The molecule has 2 aromatic rings. The van der Waals surface area contributed by atoms with Crippen LogP contribution in [-0.2, 0) is 16.4 Å². The van der Waals surface area contributed by atoms with Gasteiger partial charge < -0.3 is 4.42 Å². The minimum atomic E-state index is -5.27. The fourth-order valence-corrected chi connectivity index (χ4v) is 2.11. The molecule has 2 aromatic heterocycles. The van der Waals surface area contributed by atoms with Gasteiger partial charge in [0.05, 0.1) is 23.1 Å². The second-order valence-electron chi connectivity index (χ2n) is 3.46. The second kappa shape index (κ2) is 4.34. The minimum Gasteiger partial charge on any atom is -0.450 e. The van der Waals surface area contributed by atoms with Crippen molar-refractivity contribution in [2.24, 2.45) is 0 Å². The number of aromatic nitrogens is 1. The van der Waals surface area contributed by atoms with E-state index in [1.54, 1.807) is 0 Å². The van der Waals surface area contributed by atoms with Gasteiger partial charge >= 0.3 is 16.4 Å². The van der Waals surface area contributed by atoms with E-state index in [2.05, 4.69) is 9.40 Å². The predicted octanol–water partition coefficient (Wildman–Crippen LogP) is 3.02. The van der Waals surface area contributed by atoms with Crippen LogP contribution in [0.3, 0.4) is 0 Å². The summed E-state index contributed by atoms with van der Waals surface area (Å²) >= 11 is 0. The van der Waals surface area contributed by atoms with Gasteiger partial charge in [0.1, 0.15) is 0 Å². The van der Waals surface area contributed by atoms with Gasteiger partial charge in [-0.2, -0.15) is 21.6 Å². The van der Waals surface area contributed by atoms with E-state index in [0.29, 0.717) is 6.07 Å². The highest BCUT2D eigenvalue weighted by Gasteiger charge is 2.36. The van der Waals surface area contributed by atoms with Gasteiger partial charge in [-0.15, -0.1) is 0 Å². The van der Waals surface area contributed by atoms with E-state index in [4.69, 9.17) is 0 Å². The van der Waals surface area contributed by atoms with Crippen LogP contribution in [0, 0.1) is 0 Å². The van der Waals surface area contributed by atoms with Crippen LogP contribution in [0.15, 0.2) is 40.2 Å². The number of nitrogens with zero attached hydrogens (tertiary/aromatic N) is 1. The summed E-state index contributed by atoms with van der Waals surface area (Å²) in [5.41, 5.74) is -2.46. The van der Waals surface area contributed by atoms with Gasteiger partial charge in [0, 0.05) is 6.20 Å². The third kappa shape index (κ3) is 2.60. The second-order valence-corrected chi connectivity index (χ2v) is 4.70. The maximum Gasteiger partial charge on any atom is 0.418 e. The number of alkyl halides is 3. The number of pyridine rings is 1. The van der Waals surface area contributed by atoms with Gasteiger partial charge in [-0.25, -0.2) is 0 Å². The van der Waals surface area contributed by atoms with Gasteiger partial charge in [0.15, 0.2) is 0 Å². The molecule has 0 amide bonds. The van der Waals surface area contributed by atoms with Crippen molar-refractivity contribution in [1.29, 1.82) is 0 Å². The Morgan fingerprint density at radius 2 is 1.89 bits per heavy atom. The molecule has 0 fully saturated rings. The predicted molar refractivity (Wildman–Crippen MR) is 55.2 cm³/mol. The maximum absolute atomic E-state index is 12.9. The first kappa shape index (κ1) is 13.5. The number of halogens is 4. The summed E-state index contributed by atoms with van der Waals surface area (Å²) in [6.45, 7) is 0. The normalized spacial score (nSPS) is 12.6. The lowest BCUT2D eigenvalue weighted by Crippen LogP contribution is -2.08. The first-order valence-corrected chi connectivity index (χ1v) is 6.14. The quantitative estimate of drug-likeness (QED) is 0.631. The lowest BCUT2D eigenvalue weighted by molar-refractivity contribution is -0.137. The molecule has 0 atom stereocenters. The van der Waals surface area contributed by atoms with Crippen LogP contribution in [0.5, 0.6) is 0 Å². The largest absolute Gasteiger partial charge is 0.450 e. The molecule has 4 nitrogen and oxygen atoms in total. The highest BCUT2D eigenvalue weighted by atomic mass is 32.3. The van der Waals surface area contributed by atoms with Crippen LogP contribution >= 0.6 is 0 Å². The molecule has 9 heteroatoms. The van der Waals surface area contributed by atoms with Crippen molar-refractivity contribution in [2.45, 2.75) is 11.3 Å². The van der Waals surface area contributed by atoms with E-state index in [0.717, 1.165) is 24.6 Å². The molecule has 0 aromatic carbocycles. The molecule has 0 N–H and O–H groups in total. The van der Waals surface area contributed by atoms with E-state index >= 15 is 0 Å². The van der Waals surface area contributed by atoms with Crippen LogP contribution in [0.4, 0.5) is 17.1 Å². The van der Waals surface area contributed by atoms with Crippen LogP contribution in [-0.4, -0.2) is 13.4 Å².